The molecule has 0 aromatic rings. The highest BCUT2D eigenvalue weighted by atomic mass is 79.9. The van der Waals surface area contributed by atoms with Crippen molar-refractivity contribution < 1.29 is 0 Å². The maximum absolute atomic E-state index is 3.55. The molecule has 1 N–H and O–H groups in total. The van der Waals surface area contributed by atoms with Crippen molar-refractivity contribution in [3.05, 3.63) is 12.7 Å². The fraction of sp³-hybridized carbons (Fsp3) is 0.600. The van der Waals surface area contributed by atoms with E-state index in [2.05, 4.69) is 27.8 Å². The van der Waals surface area contributed by atoms with Crippen molar-refractivity contribution in [2.45, 2.75) is 0 Å². The molecular formula is C5H10BrN. The van der Waals surface area contributed by atoms with Crippen LogP contribution in [0, 0.1) is 0 Å². The summed E-state index contributed by atoms with van der Waals surface area (Å²) in [6.07, 6.45) is 1.85. The molecule has 0 fully saturated rings. The van der Waals surface area contributed by atoms with Crippen LogP contribution in [0.15, 0.2) is 12.7 Å². The average Bonchev–Trinajstić information content (AvgIpc) is 1.69. The van der Waals surface area contributed by atoms with Gasteiger partial charge in [-0.25, -0.2) is 0 Å². The van der Waals surface area contributed by atoms with E-state index in [1.165, 1.54) is 0 Å². The Balaban J connectivity index is 2.56. The van der Waals surface area contributed by atoms with Crippen LogP contribution in [0.2, 0.25) is 0 Å². The standard InChI is InChI=1S/C5H10BrN/c1-2-4-7-5-3-6/h2,7H,1,3-5H2. The summed E-state index contributed by atoms with van der Waals surface area (Å²) in [6, 6.07) is 0. The van der Waals surface area contributed by atoms with Gasteiger partial charge in [0.05, 0.1) is 0 Å². The zero-order valence-corrected chi connectivity index (χ0v) is 5.87. The number of alkyl halides is 1. The molecule has 0 unspecified atom stereocenters. The number of halogens is 1. The predicted octanol–water partition coefficient (Wildman–Crippen LogP) is 1.16. The predicted molar refractivity (Wildman–Crippen MR) is 36.9 cm³/mol. The highest BCUT2D eigenvalue weighted by Crippen LogP contribution is 1.72. The van der Waals surface area contributed by atoms with E-state index in [0.29, 0.717) is 0 Å². The van der Waals surface area contributed by atoms with E-state index < -0.39 is 0 Å². The molecule has 0 radical (unpaired) electrons. The van der Waals surface area contributed by atoms with Crippen molar-refractivity contribution >= 4 is 15.9 Å². The highest BCUT2D eigenvalue weighted by Gasteiger charge is 1.74. The summed E-state index contributed by atoms with van der Waals surface area (Å²) in [5.41, 5.74) is 0. The van der Waals surface area contributed by atoms with Gasteiger partial charge in [0.2, 0.25) is 0 Å². The molecule has 0 saturated heterocycles. The SMILES string of the molecule is C=CCNCCBr. The molecule has 0 aliphatic carbocycles. The smallest absolute Gasteiger partial charge is 0.0157 e. The molecule has 2 heteroatoms. The summed E-state index contributed by atoms with van der Waals surface area (Å²) in [7, 11) is 0. The number of nitrogens with one attached hydrogen (secondary N) is 1. The molecule has 0 saturated carbocycles. The molecule has 0 spiro atoms. The van der Waals surface area contributed by atoms with E-state index in [1.807, 2.05) is 6.08 Å². The van der Waals surface area contributed by atoms with Crippen LogP contribution in [0.3, 0.4) is 0 Å². The molecule has 0 aliphatic rings. The van der Waals surface area contributed by atoms with Gasteiger partial charge in [0.25, 0.3) is 0 Å². The van der Waals surface area contributed by atoms with Crippen LogP contribution < -0.4 is 5.32 Å². The van der Waals surface area contributed by atoms with Crippen LogP contribution in [0.1, 0.15) is 0 Å². The van der Waals surface area contributed by atoms with Crippen LogP contribution in [0.4, 0.5) is 0 Å². The fourth-order valence-corrected chi connectivity index (χ4v) is 0.551. The number of rotatable bonds is 4. The molecule has 0 atom stereocenters. The molecular weight excluding hydrogens is 154 g/mol. The normalized spacial score (nSPS) is 8.71. The topological polar surface area (TPSA) is 12.0 Å². The third-order valence-electron chi connectivity index (χ3n) is 0.560. The van der Waals surface area contributed by atoms with Crippen molar-refractivity contribution in [2.75, 3.05) is 18.4 Å². The van der Waals surface area contributed by atoms with Crippen molar-refractivity contribution in [3.8, 4) is 0 Å². The summed E-state index contributed by atoms with van der Waals surface area (Å²) in [5, 5.41) is 4.13. The van der Waals surface area contributed by atoms with E-state index in [1.54, 1.807) is 0 Å². The molecule has 0 aromatic heterocycles. The Morgan fingerprint density at radius 3 is 2.86 bits per heavy atom. The Morgan fingerprint density at radius 2 is 2.43 bits per heavy atom. The summed E-state index contributed by atoms with van der Waals surface area (Å²) in [6.45, 7) is 5.48. The lowest BCUT2D eigenvalue weighted by molar-refractivity contribution is 0.810. The number of hydrogen-bond donors (Lipinski definition) is 1. The third kappa shape index (κ3) is 6.18. The van der Waals surface area contributed by atoms with Gasteiger partial charge in [0.15, 0.2) is 0 Å². The Morgan fingerprint density at radius 1 is 1.71 bits per heavy atom. The van der Waals surface area contributed by atoms with Crippen molar-refractivity contribution in [2.24, 2.45) is 0 Å². The summed E-state index contributed by atoms with van der Waals surface area (Å²) in [5.74, 6) is 0. The molecule has 0 heterocycles. The minimum absolute atomic E-state index is 0.908. The highest BCUT2D eigenvalue weighted by molar-refractivity contribution is 9.09. The van der Waals surface area contributed by atoms with Gasteiger partial charge in [-0.1, -0.05) is 22.0 Å². The van der Waals surface area contributed by atoms with Crippen LogP contribution in [0.25, 0.3) is 0 Å². The molecule has 0 aliphatic heterocycles. The lowest BCUT2D eigenvalue weighted by atomic mass is 10.6. The Bertz CT molecular complexity index is 45.3. The maximum atomic E-state index is 3.55. The molecule has 0 bridgehead atoms. The maximum Gasteiger partial charge on any atom is 0.0157 e. The first-order valence-electron chi connectivity index (χ1n) is 2.29. The van der Waals surface area contributed by atoms with Gasteiger partial charge in [-0.3, -0.25) is 0 Å². The summed E-state index contributed by atoms with van der Waals surface area (Å²) >= 11 is 3.28. The minimum atomic E-state index is 0.908. The van der Waals surface area contributed by atoms with E-state index in [-0.39, 0.29) is 0 Å². The average molecular weight is 164 g/mol. The van der Waals surface area contributed by atoms with Crippen molar-refractivity contribution in [1.82, 2.24) is 5.32 Å². The molecule has 7 heavy (non-hydrogen) atoms. The molecule has 42 valence electrons. The van der Waals surface area contributed by atoms with Crippen molar-refractivity contribution in [3.63, 3.8) is 0 Å². The van der Waals surface area contributed by atoms with Crippen LogP contribution in [-0.2, 0) is 0 Å². The summed E-state index contributed by atoms with van der Waals surface area (Å²) in [4.78, 5) is 0. The van der Waals surface area contributed by atoms with Gasteiger partial charge < -0.3 is 5.32 Å². The molecule has 1 nitrogen and oxygen atoms in total. The van der Waals surface area contributed by atoms with Gasteiger partial charge in [-0.05, 0) is 0 Å². The van der Waals surface area contributed by atoms with E-state index in [4.69, 9.17) is 0 Å². The second-order valence-electron chi connectivity index (χ2n) is 1.18. The number of hydrogen-bond acceptors (Lipinski definition) is 1. The van der Waals surface area contributed by atoms with Crippen molar-refractivity contribution in [1.29, 1.82) is 0 Å². The quantitative estimate of drug-likeness (QED) is 0.373. The van der Waals surface area contributed by atoms with Crippen LogP contribution in [0.5, 0.6) is 0 Å². The molecule has 0 amide bonds. The fourth-order valence-electron chi connectivity index (χ4n) is 0.271. The zero-order chi connectivity index (χ0) is 5.54. The first-order valence-corrected chi connectivity index (χ1v) is 3.41. The molecule has 0 rings (SSSR count). The third-order valence-corrected chi connectivity index (χ3v) is 0.956. The van der Waals surface area contributed by atoms with Crippen LogP contribution >= 0.6 is 15.9 Å². The molecule has 0 aromatic carbocycles. The second-order valence-corrected chi connectivity index (χ2v) is 1.97. The zero-order valence-electron chi connectivity index (χ0n) is 4.28. The van der Waals surface area contributed by atoms with Gasteiger partial charge in [0.1, 0.15) is 0 Å². The Kier molecular flexibility index (Phi) is 6.34. The Hall–Kier alpha value is 0.180. The van der Waals surface area contributed by atoms with Gasteiger partial charge in [0, 0.05) is 18.4 Å². The largest absolute Gasteiger partial charge is 0.312 e. The Labute approximate surface area is 52.9 Å². The van der Waals surface area contributed by atoms with Crippen LogP contribution in [-0.4, -0.2) is 18.4 Å². The first kappa shape index (κ1) is 7.18. The minimum Gasteiger partial charge on any atom is -0.312 e. The lowest BCUT2D eigenvalue weighted by Gasteiger charge is -1.92. The summed E-state index contributed by atoms with van der Waals surface area (Å²) < 4.78 is 0. The van der Waals surface area contributed by atoms with E-state index in [9.17, 15) is 0 Å². The van der Waals surface area contributed by atoms with Gasteiger partial charge in [-0.15, -0.1) is 6.58 Å². The van der Waals surface area contributed by atoms with E-state index in [0.717, 1.165) is 18.4 Å². The van der Waals surface area contributed by atoms with Gasteiger partial charge in [-0.2, -0.15) is 0 Å². The first-order chi connectivity index (χ1) is 3.41. The second kappa shape index (κ2) is 6.18. The monoisotopic (exact) mass is 163 g/mol. The lowest BCUT2D eigenvalue weighted by Crippen LogP contribution is -2.15. The van der Waals surface area contributed by atoms with E-state index >= 15 is 0 Å². The van der Waals surface area contributed by atoms with Gasteiger partial charge >= 0.3 is 0 Å².